The fourth-order valence-electron chi connectivity index (χ4n) is 2.27. The lowest BCUT2D eigenvalue weighted by molar-refractivity contribution is 0.0945. The number of carbonyl (C=O) groups is 1. The molecule has 0 aromatic heterocycles. The maximum atomic E-state index is 12.3. The first-order chi connectivity index (χ1) is 9.90. The predicted octanol–water partition coefficient (Wildman–Crippen LogP) is 3.71. The summed E-state index contributed by atoms with van der Waals surface area (Å²) in [7, 11) is 0. The van der Waals surface area contributed by atoms with E-state index < -0.39 is 0 Å². The fraction of sp³-hybridized carbons (Fsp3) is 0.278. The lowest BCUT2D eigenvalue weighted by atomic mass is 9.84. The van der Waals surface area contributed by atoms with Crippen molar-refractivity contribution in [2.75, 3.05) is 12.3 Å². The molecule has 0 saturated carbocycles. The zero-order chi connectivity index (χ0) is 15.5. The SMILES string of the molecule is Cc1ccc(N)cc1C(=O)NCC(C)(C)c1ccccc1.Cl. The lowest BCUT2D eigenvalue weighted by Gasteiger charge is -2.25. The average Bonchev–Trinajstić information content (AvgIpc) is 2.48. The van der Waals surface area contributed by atoms with Gasteiger partial charge in [-0.3, -0.25) is 4.79 Å². The molecule has 3 nitrogen and oxygen atoms in total. The van der Waals surface area contributed by atoms with Crippen LogP contribution in [0.1, 0.15) is 35.3 Å². The van der Waals surface area contributed by atoms with Gasteiger partial charge in [0.25, 0.3) is 5.91 Å². The third-order valence-electron chi connectivity index (χ3n) is 3.75. The number of nitrogen functional groups attached to an aromatic ring is 1. The normalized spacial score (nSPS) is 10.7. The van der Waals surface area contributed by atoms with Crippen LogP contribution in [0.15, 0.2) is 48.5 Å². The Morgan fingerprint density at radius 3 is 2.41 bits per heavy atom. The molecule has 118 valence electrons. The Balaban J connectivity index is 0.00000242. The summed E-state index contributed by atoms with van der Waals surface area (Å²) in [6.45, 7) is 6.73. The summed E-state index contributed by atoms with van der Waals surface area (Å²) in [4.78, 5) is 12.3. The van der Waals surface area contributed by atoms with Crippen LogP contribution in [0.25, 0.3) is 0 Å². The minimum Gasteiger partial charge on any atom is -0.399 e. The van der Waals surface area contributed by atoms with Crippen molar-refractivity contribution in [3.63, 3.8) is 0 Å². The number of hydrogen-bond donors (Lipinski definition) is 2. The van der Waals surface area contributed by atoms with Gasteiger partial charge in [-0.2, -0.15) is 0 Å². The van der Waals surface area contributed by atoms with Crippen LogP contribution in [-0.2, 0) is 5.41 Å². The van der Waals surface area contributed by atoms with E-state index in [0.717, 1.165) is 5.56 Å². The summed E-state index contributed by atoms with van der Waals surface area (Å²) < 4.78 is 0. The molecular formula is C18H23ClN2O. The zero-order valence-corrected chi connectivity index (χ0v) is 14.0. The van der Waals surface area contributed by atoms with Crippen LogP contribution in [0.5, 0.6) is 0 Å². The predicted molar refractivity (Wildman–Crippen MR) is 94.6 cm³/mol. The van der Waals surface area contributed by atoms with Gasteiger partial charge in [-0.05, 0) is 30.2 Å². The van der Waals surface area contributed by atoms with E-state index in [4.69, 9.17) is 5.73 Å². The van der Waals surface area contributed by atoms with Crippen molar-refractivity contribution in [1.82, 2.24) is 5.32 Å². The molecule has 0 heterocycles. The highest BCUT2D eigenvalue weighted by molar-refractivity contribution is 5.96. The smallest absolute Gasteiger partial charge is 0.251 e. The molecule has 0 bridgehead atoms. The Morgan fingerprint density at radius 2 is 1.77 bits per heavy atom. The lowest BCUT2D eigenvalue weighted by Crippen LogP contribution is -2.36. The molecular weight excluding hydrogens is 296 g/mol. The Morgan fingerprint density at radius 1 is 1.14 bits per heavy atom. The van der Waals surface area contributed by atoms with Crippen LogP contribution in [0.3, 0.4) is 0 Å². The largest absolute Gasteiger partial charge is 0.399 e. The van der Waals surface area contributed by atoms with E-state index in [9.17, 15) is 4.79 Å². The number of anilines is 1. The number of halogens is 1. The number of hydrogen-bond acceptors (Lipinski definition) is 2. The molecule has 0 aliphatic heterocycles. The van der Waals surface area contributed by atoms with Gasteiger partial charge in [-0.15, -0.1) is 12.4 Å². The molecule has 0 fully saturated rings. The van der Waals surface area contributed by atoms with Gasteiger partial charge >= 0.3 is 0 Å². The maximum absolute atomic E-state index is 12.3. The third-order valence-corrected chi connectivity index (χ3v) is 3.75. The number of nitrogens with one attached hydrogen (secondary N) is 1. The van der Waals surface area contributed by atoms with Gasteiger partial charge in [0.2, 0.25) is 0 Å². The molecule has 3 N–H and O–H groups in total. The minimum absolute atomic E-state index is 0. The highest BCUT2D eigenvalue weighted by atomic mass is 35.5. The van der Waals surface area contributed by atoms with Crippen molar-refractivity contribution in [3.8, 4) is 0 Å². The van der Waals surface area contributed by atoms with Gasteiger partial charge < -0.3 is 11.1 Å². The van der Waals surface area contributed by atoms with Crippen LogP contribution >= 0.6 is 12.4 Å². The number of rotatable bonds is 4. The standard InChI is InChI=1S/C18H22N2O.ClH/c1-13-9-10-15(19)11-16(13)17(21)20-12-18(2,3)14-7-5-4-6-8-14;/h4-11H,12,19H2,1-3H3,(H,20,21);1H. The molecule has 0 aliphatic carbocycles. The molecule has 2 aromatic carbocycles. The first-order valence-electron chi connectivity index (χ1n) is 7.10. The van der Waals surface area contributed by atoms with Gasteiger partial charge in [0.1, 0.15) is 0 Å². The number of benzene rings is 2. The first-order valence-corrected chi connectivity index (χ1v) is 7.10. The van der Waals surface area contributed by atoms with E-state index in [1.165, 1.54) is 5.56 Å². The van der Waals surface area contributed by atoms with E-state index in [1.54, 1.807) is 12.1 Å². The molecule has 0 saturated heterocycles. The summed E-state index contributed by atoms with van der Waals surface area (Å²) in [6, 6.07) is 15.6. The molecule has 0 radical (unpaired) electrons. The zero-order valence-electron chi connectivity index (χ0n) is 13.2. The van der Waals surface area contributed by atoms with Gasteiger partial charge in [-0.1, -0.05) is 50.2 Å². The molecule has 2 rings (SSSR count). The van der Waals surface area contributed by atoms with E-state index >= 15 is 0 Å². The Labute approximate surface area is 138 Å². The molecule has 0 aliphatic rings. The van der Waals surface area contributed by atoms with E-state index in [2.05, 4.69) is 31.3 Å². The van der Waals surface area contributed by atoms with Crippen molar-refractivity contribution in [2.45, 2.75) is 26.2 Å². The summed E-state index contributed by atoms with van der Waals surface area (Å²) in [6.07, 6.45) is 0. The van der Waals surface area contributed by atoms with Crippen LogP contribution in [0, 0.1) is 6.92 Å². The topological polar surface area (TPSA) is 55.1 Å². The summed E-state index contributed by atoms with van der Waals surface area (Å²) >= 11 is 0. The summed E-state index contributed by atoms with van der Waals surface area (Å²) in [5.41, 5.74) is 9.01. The number of amides is 1. The second-order valence-corrected chi connectivity index (χ2v) is 6.01. The number of nitrogens with two attached hydrogens (primary N) is 1. The Kier molecular flexibility index (Phi) is 6.01. The van der Waals surface area contributed by atoms with Gasteiger partial charge in [0.05, 0.1) is 0 Å². The maximum Gasteiger partial charge on any atom is 0.251 e. The number of aryl methyl sites for hydroxylation is 1. The molecule has 1 amide bonds. The quantitative estimate of drug-likeness (QED) is 0.844. The van der Waals surface area contributed by atoms with Crippen LogP contribution in [0.2, 0.25) is 0 Å². The average molecular weight is 319 g/mol. The van der Waals surface area contributed by atoms with E-state index in [1.807, 2.05) is 31.2 Å². The molecule has 0 atom stereocenters. The summed E-state index contributed by atoms with van der Waals surface area (Å²) in [5.74, 6) is -0.0798. The Bertz CT molecular complexity index is 639. The minimum atomic E-state index is -0.120. The molecule has 22 heavy (non-hydrogen) atoms. The second kappa shape index (κ2) is 7.32. The van der Waals surface area contributed by atoms with Gasteiger partial charge in [-0.25, -0.2) is 0 Å². The monoisotopic (exact) mass is 318 g/mol. The molecule has 2 aromatic rings. The third kappa shape index (κ3) is 4.25. The molecule has 4 heteroatoms. The van der Waals surface area contributed by atoms with Crippen molar-refractivity contribution in [1.29, 1.82) is 0 Å². The highest BCUT2D eigenvalue weighted by Gasteiger charge is 2.21. The fourth-order valence-corrected chi connectivity index (χ4v) is 2.27. The van der Waals surface area contributed by atoms with E-state index in [-0.39, 0.29) is 23.7 Å². The van der Waals surface area contributed by atoms with Gasteiger partial charge in [0, 0.05) is 23.2 Å². The Hall–Kier alpha value is -2.00. The molecule has 0 spiro atoms. The van der Waals surface area contributed by atoms with Gasteiger partial charge in [0.15, 0.2) is 0 Å². The van der Waals surface area contributed by atoms with Crippen LogP contribution < -0.4 is 11.1 Å². The highest BCUT2D eigenvalue weighted by Crippen LogP contribution is 2.22. The second-order valence-electron chi connectivity index (χ2n) is 6.01. The van der Waals surface area contributed by atoms with Crippen molar-refractivity contribution < 1.29 is 4.79 Å². The van der Waals surface area contributed by atoms with Crippen LogP contribution in [0.4, 0.5) is 5.69 Å². The number of carbonyl (C=O) groups excluding carboxylic acids is 1. The molecule has 0 unspecified atom stereocenters. The van der Waals surface area contributed by atoms with Crippen molar-refractivity contribution in [2.24, 2.45) is 0 Å². The first kappa shape index (κ1) is 18.1. The van der Waals surface area contributed by atoms with Crippen molar-refractivity contribution >= 4 is 24.0 Å². The van der Waals surface area contributed by atoms with Crippen LogP contribution in [-0.4, -0.2) is 12.5 Å². The summed E-state index contributed by atoms with van der Waals surface area (Å²) in [5, 5.41) is 3.01. The van der Waals surface area contributed by atoms with E-state index in [0.29, 0.717) is 17.8 Å². The van der Waals surface area contributed by atoms with Crippen molar-refractivity contribution in [3.05, 3.63) is 65.2 Å².